The Morgan fingerprint density at radius 3 is 2.71 bits per heavy atom. The van der Waals surface area contributed by atoms with Crippen molar-refractivity contribution in [2.75, 3.05) is 32.1 Å². The quantitative estimate of drug-likeness (QED) is 0.554. The van der Waals surface area contributed by atoms with E-state index >= 15 is 0 Å². The Hall–Kier alpha value is -2.15. The maximum atomic E-state index is 12.7. The van der Waals surface area contributed by atoms with Gasteiger partial charge in [0.15, 0.2) is 0 Å². The van der Waals surface area contributed by atoms with Crippen LogP contribution in [0.5, 0.6) is 0 Å². The monoisotopic (exact) mass is 335 g/mol. The first-order valence-electron chi connectivity index (χ1n) is 8.25. The smallest absolute Gasteiger partial charge is 0.293 e. The minimum Gasteiger partial charge on any atom is -0.383 e. The SMILES string of the molecule is COCCN(CC(C)C)C(=O)c1ccc(NC2CC2)c([N+](=O)[O-])c1. The van der Waals surface area contributed by atoms with E-state index in [1.54, 1.807) is 24.1 Å². The summed E-state index contributed by atoms with van der Waals surface area (Å²) in [5.41, 5.74) is 0.759. The second kappa shape index (κ2) is 8.10. The van der Waals surface area contributed by atoms with Crippen LogP contribution in [0, 0.1) is 16.0 Å². The molecule has 1 saturated carbocycles. The number of amides is 1. The Morgan fingerprint density at radius 2 is 2.17 bits per heavy atom. The van der Waals surface area contributed by atoms with Gasteiger partial charge in [0.05, 0.1) is 11.5 Å². The predicted octanol–water partition coefficient (Wildman–Crippen LogP) is 2.91. The van der Waals surface area contributed by atoms with E-state index in [9.17, 15) is 14.9 Å². The van der Waals surface area contributed by atoms with Gasteiger partial charge in [0.25, 0.3) is 11.6 Å². The van der Waals surface area contributed by atoms with Crippen LogP contribution in [0.3, 0.4) is 0 Å². The zero-order chi connectivity index (χ0) is 17.7. The highest BCUT2D eigenvalue weighted by Crippen LogP contribution is 2.31. The van der Waals surface area contributed by atoms with Crippen molar-refractivity contribution in [1.82, 2.24) is 4.90 Å². The number of nitro benzene ring substituents is 1. The van der Waals surface area contributed by atoms with Crippen LogP contribution >= 0.6 is 0 Å². The van der Waals surface area contributed by atoms with Gasteiger partial charge >= 0.3 is 0 Å². The molecule has 0 bridgehead atoms. The number of nitrogens with one attached hydrogen (secondary N) is 1. The number of nitrogens with zero attached hydrogens (tertiary/aromatic N) is 2. The Bertz CT molecular complexity index is 599. The average Bonchev–Trinajstić information content (AvgIpc) is 3.34. The Labute approximate surface area is 142 Å². The van der Waals surface area contributed by atoms with Gasteiger partial charge < -0.3 is 15.0 Å². The lowest BCUT2D eigenvalue weighted by Crippen LogP contribution is -2.36. The van der Waals surface area contributed by atoms with Crippen molar-refractivity contribution in [2.24, 2.45) is 5.92 Å². The van der Waals surface area contributed by atoms with Crippen LogP contribution in [0.2, 0.25) is 0 Å². The molecule has 0 heterocycles. The van der Waals surface area contributed by atoms with E-state index in [2.05, 4.69) is 5.32 Å². The molecule has 1 aliphatic rings. The molecule has 1 aromatic carbocycles. The maximum Gasteiger partial charge on any atom is 0.293 e. The summed E-state index contributed by atoms with van der Waals surface area (Å²) in [6.07, 6.45) is 2.05. The van der Waals surface area contributed by atoms with Gasteiger partial charge in [-0.1, -0.05) is 13.8 Å². The molecule has 0 aromatic heterocycles. The Morgan fingerprint density at radius 1 is 1.46 bits per heavy atom. The van der Waals surface area contributed by atoms with Crippen molar-refractivity contribution < 1.29 is 14.5 Å². The lowest BCUT2D eigenvalue weighted by molar-refractivity contribution is -0.384. The lowest BCUT2D eigenvalue weighted by atomic mass is 10.1. The summed E-state index contributed by atoms with van der Waals surface area (Å²) in [5, 5.41) is 14.5. The molecule has 24 heavy (non-hydrogen) atoms. The van der Waals surface area contributed by atoms with E-state index in [1.807, 2.05) is 13.8 Å². The molecule has 2 rings (SSSR count). The molecule has 132 valence electrons. The second-order valence-corrected chi connectivity index (χ2v) is 6.55. The van der Waals surface area contributed by atoms with Gasteiger partial charge in [-0.15, -0.1) is 0 Å². The molecule has 1 fully saturated rings. The summed E-state index contributed by atoms with van der Waals surface area (Å²) in [7, 11) is 1.58. The van der Waals surface area contributed by atoms with E-state index in [-0.39, 0.29) is 11.6 Å². The minimum atomic E-state index is -0.441. The molecule has 1 amide bonds. The van der Waals surface area contributed by atoms with Crippen molar-refractivity contribution in [3.63, 3.8) is 0 Å². The standard InChI is InChI=1S/C17H25N3O4/c1-12(2)11-19(8-9-24-3)17(21)13-4-7-15(18-14-5-6-14)16(10-13)20(22)23/h4,7,10,12,14,18H,5-6,8-9,11H2,1-3H3. The third-order valence-corrected chi connectivity index (χ3v) is 3.82. The van der Waals surface area contributed by atoms with Gasteiger partial charge in [0, 0.05) is 37.9 Å². The van der Waals surface area contributed by atoms with Crippen molar-refractivity contribution in [3.8, 4) is 0 Å². The fourth-order valence-corrected chi connectivity index (χ4v) is 2.49. The van der Waals surface area contributed by atoms with Crippen molar-refractivity contribution in [3.05, 3.63) is 33.9 Å². The molecule has 7 heteroatoms. The Kier molecular flexibility index (Phi) is 6.14. The molecular formula is C17H25N3O4. The average molecular weight is 335 g/mol. The molecule has 0 spiro atoms. The van der Waals surface area contributed by atoms with Crippen LogP contribution in [-0.4, -0.2) is 48.6 Å². The first kappa shape index (κ1) is 18.2. The molecule has 0 radical (unpaired) electrons. The summed E-state index contributed by atoms with van der Waals surface area (Å²) in [5.74, 6) is 0.0958. The number of nitro groups is 1. The van der Waals surface area contributed by atoms with Crippen LogP contribution in [0.1, 0.15) is 37.0 Å². The largest absolute Gasteiger partial charge is 0.383 e. The number of hydrogen-bond donors (Lipinski definition) is 1. The number of anilines is 1. The van der Waals surface area contributed by atoms with E-state index in [1.165, 1.54) is 6.07 Å². The normalized spacial score (nSPS) is 13.8. The van der Waals surface area contributed by atoms with Gasteiger partial charge in [-0.05, 0) is 30.9 Å². The van der Waals surface area contributed by atoms with Crippen LogP contribution < -0.4 is 5.32 Å². The van der Waals surface area contributed by atoms with Crippen LogP contribution in [-0.2, 0) is 4.74 Å². The zero-order valence-electron chi connectivity index (χ0n) is 14.4. The van der Waals surface area contributed by atoms with Gasteiger partial charge in [0.1, 0.15) is 5.69 Å². The van der Waals surface area contributed by atoms with E-state index in [0.717, 1.165) is 12.8 Å². The molecule has 1 aromatic rings. The number of hydrogen-bond acceptors (Lipinski definition) is 5. The van der Waals surface area contributed by atoms with Crippen molar-refractivity contribution in [1.29, 1.82) is 0 Å². The highest BCUT2D eigenvalue weighted by Gasteiger charge is 2.26. The maximum absolute atomic E-state index is 12.7. The summed E-state index contributed by atoms with van der Waals surface area (Å²) < 4.78 is 5.06. The number of methoxy groups -OCH3 is 1. The summed E-state index contributed by atoms with van der Waals surface area (Å²) >= 11 is 0. The zero-order valence-corrected chi connectivity index (χ0v) is 14.4. The number of carbonyl (C=O) groups is 1. The van der Waals surface area contributed by atoms with E-state index in [0.29, 0.717) is 42.9 Å². The van der Waals surface area contributed by atoms with Gasteiger partial charge in [-0.25, -0.2) is 0 Å². The third-order valence-electron chi connectivity index (χ3n) is 3.82. The molecular weight excluding hydrogens is 310 g/mol. The molecule has 1 aliphatic carbocycles. The molecule has 0 atom stereocenters. The van der Waals surface area contributed by atoms with Crippen LogP contribution in [0.25, 0.3) is 0 Å². The van der Waals surface area contributed by atoms with Crippen molar-refractivity contribution >= 4 is 17.3 Å². The molecule has 1 N–H and O–H groups in total. The fraction of sp³-hybridized carbons (Fsp3) is 0.588. The number of carbonyl (C=O) groups excluding carboxylic acids is 1. The number of ether oxygens (including phenoxy) is 1. The third kappa shape index (κ3) is 4.92. The van der Waals surface area contributed by atoms with Gasteiger partial charge in [-0.2, -0.15) is 0 Å². The number of benzene rings is 1. The lowest BCUT2D eigenvalue weighted by Gasteiger charge is -2.24. The topological polar surface area (TPSA) is 84.7 Å². The predicted molar refractivity (Wildman–Crippen MR) is 92.4 cm³/mol. The molecule has 0 saturated heterocycles. The highest BCUT2D eigenvalue weighted by atomic mass is 16.6. The summed E-state index contributed by atoms with van der Waals surface area (Å²) in [6.45, 7) is 5.53. The van der Waals surface area contributed by atoms with Gasteiger partial charge in [-0.3, -0.25) is 14.9 Å². The highest BCUT2D eigenvalue weighted by molar-refractivity contribution is 5.95. The second-order valence-electron chi connectivity index (χ2n) is 6.55. The molecule has 0 aliphatic heterocycles. The number of rotatable bonds is 9. The summed E-state index contributed by atoms with van der Waals surface area (Å²) in [6, 6.07) is 4.96. The van der Waals surface area contributed by atoms with Crippen molar-refractivity contribution in [2.45, 2.75) is 32.7 Å². The van der Waals surface area contributed by atoms with Gasteiger partial charge in [0.2, 0.25) is 0 Å². The first-order chi connectivity index (χ1) is 11.4. The fourth-order valence-electron chi connectivity index (χ4n) is 2.49. The first-order valence-corrected chi connectivity index (χ1v) is 8.25. The van der Waals surface area contributed by atoms with E-state index < -0.39 is 4.92 Å². The van der Waals surface area contributed by atoms with Crippen LogP contribution in [0.4, 0.5) is 11.4 Å². The van der Waals surface area contributed by atoms with Crippen LogP contribution in [0.15, 0.2) is 18.2 Å². The molecule has 0 unspecified atom stereocenters. The van der Waals surface area contributed by atoms with E-state index in [4.69, 9.17) is 4.74 Å². The summed E-state index contributed by atoms with van der Waals surface area (Å²) in [4.78, 5) is 25.3. The Balaban J connectivity index is 2.22. The minimum absolute atomic E-state index is 0.0519. The molecule has 7 nitrogen and oxygen atoms in total.